The minimum Gasteiger partial charge on any atom is -0.492 e. The predicted octanol–water partition coefficient (Wildman–Crippen LogP) is 3.66. The number of benzene rings is 2. The van der Waals surface area contributed by atoms with Gasteiger partial charge in [-0.2, -0.15) is 0 Å². The fraction of sp³-hybridized carbons (Fsp3) is 0.235. The molecule has 1 aliphatic rings. The van der Waals surface area contributed by atoms with Crippen molar-refractivity contribution in [2.75, 3.05) is 6.61 Å². The Morgan fingerprint density at radius 3 is 2.53 bits per heavy atom. The molecule has 1 unspecified atom stereocenters. The molecule has 3 rings (SSSR count). The van der Waals surface area contributed by atoms with Gasteiger partial charge in [-0.15, -0.1) is 0 Å². The van der Waals surface area contributed by atoms with Crippen molar-refractivity contribution in [3.05, 3.63) is 64.7 Å². The average Bonchev–Trinajstić information content (AvgIpc) is 2.80. The number of para-hydroxylation sites is 1. The first-order chi connectivity index (χ1) is 9.15. The molecule has 0 aliphatic carbocycles. The molecule has 0 bridgehead atoms. The largest absolute Gasteiger partial charge is 0.492 e. The predicted molar refractivity (Wildman–Crippen MR) is 74.9 cm³/mol. The molecule has 0 saturated heterocycles. The Hall–Kier alpha value is -2.09. The highest BCUT2D eigenvalue weighted by Gasteiger charge is 2.30. The first kappa shape index (κ1) is 12.0. The standard InChI is InChI=1S/C17H16O2/c1-11-7-12(2)9-13(8-11)17(18)15-10-19-16-6-4-3-5-14(15)16/h3-9,15H,10H2,1-2H3. The number of carbonyl (C=O) groups is 1. The van der Waals surface area contributed by atoms with Gasteiger partial charge in [0.1, 0.15) is 12.4 Å². The summed E-state index contributed by atoms with van der Waals surface area (Å²) in [5.74, 6) is 0.819. The van der Waals surface area contributed by atoms with Gasteiger partial charge in [-0.1, -0.05) is 35.4 Å². The Kier molecular flexibility index (Phi) is 2.86. The molecular weight excluding hydrogens is 236 g/mol. The summed E-state index contributed by atoms with van der Waals surface area (Å²) >= 11 is 0. The number of aryl methyl sites for hydroxylation is 2. The van der Waals surface area contributed by atoms with Gasteiger partial charge in [0.15, 0.2) is 5.78 Å². The van der Waals surface area contributed by atoms with Crippen LogP contribution < -0.4 is 4.74 Å². The molecular formula is C17H16O2. The van der Waals surface area contributed by atoms with Gasteiger partial charge in [0, 0.05) is 11.1 Å². The van der Waals surface area contributed by atoms with E-state index in [0.29, 0.717) is 6.61 Å². The Morgan fingerprint density at radius 2 is 1.79 bits per heavy atom. The molecule has 1 atom stereocenters. The molecule has 2 heteroatoms. The quantitative estimate of drug-likeness (QED) is 0.762. The number of fused-ring (bicyclic) bond motifs is 1. The number of hydrogen-bond acceptors (Lipinski definition) is 2. The molecule has 2 aromatic rings. The summed E-state index contributed by atoms with van der Waals surface area (Å²) in [4.78, 5) is 12.6. The van der Waals surface area contributed by atoms with Crippen molar-refractivity contribution in [2.24, 2.45) is 0 Å². The van der Waals surface area contributed by atoms with Gasteiger partial charge >= 0.3 is 0 Å². The fourth-order valence-electron chi connectivity index (χ4n) is 2.70. The van der Waals surface area contributed by atoms with Gasteiger partial charge in [0.05, 0.1) is 5.92 Å². The molecule has 0 fully saturated rings. The van der Waals surface area contributed by atoms with E-state index in [-0.39, 0.29) is 11.7 Å². The first-order valence-corrected chi connectivity index (χ1v) is 6.49. The fourth-order valence-corrected chi connectivity index (χ4v) is 2.70. The van der Waals surface area contributed by atoms with Crippen LogP contribution in [0.3, 0.4) is 0 Å². The molecule has 0 saturated carbocycles. The van der Waals surface area contributed by atoms with E-state index >= 15 is 0 Å². The summed E-state index contributed by atoms with van der Waals surface area (Å²) in [6.45, 7) is 4.48. The van der Waals surface area contributed by atoms with Crippen LogP contribution in [0.4, 0.5) is 0 Å². The molecule has 0 radical (unpaired) electrons. The highest BCUT2D eigenvalue weighted by molar-refractivity contribution is 6.02. The lowest BCUT2D eigenvalue weighted by atomic mass is 9.91. The summed E-state index contributed by atoms with van der Waals surface area (Å²) in [6.07, 6.45) is 0. The van der Waals surface area contributed by atoms with Gasteiger partial charge in [0.25, 0.3) is 0 Å². The van der Waals surface area contributed by atoms with E-state index in [0.717, 1.165) is 28.0 Å². The third-order valence-electron chi connectivity index (χ3n) is 3.52. The summed E-state index contributed by atoms with van der Waals surface area (Å²) in [6, 6.07) is 13.8. The van der Waals surface area contributed by atoms with Gasteiger partial charge in [-0.05, 0) is 32.0 Å². The third kappa shape index (κ3) is 2.14. The minimum atomic E-state index is -0.169. The molecule has 1 aliphatic heterocycles. The summed E-state index contributed by atoms with van der Waals surface area (Å²) in [5, 5.41) is 0. The second-order valence-electron chi connectivity index (χ2n) is 5.14. The van der Waals surface area contributed by atoms with Crippen LogP contribution in [0, 0.1) is 13.8 Å². The molecule has 0 amide bonds. The minimum absolute atomic E-state index is 0.150. The second kappa shape index (κ2) is 4.54. The van der Waals surface area contributed by atoms with Crippen LogP contribution >= 0.6 is 0 Å². The number of ether oxygens (including phenoxy) is 1. The van der Waals surface area contributed by atoms with E-state index in [9.17, 15) is 4.79 Å². The van der Waals surface area contributed by atoms with Crippen LogP contribution in [0.1, 0.15) is 33.0 Å². The zero-order chi connectivity index (χ0) is 13.4. The van der Waals surface area contributed by atoms with E-state index in [4.69, 9.17) is 4.74 Å². The van der Waals surface area contributed by atoms with E-state index in [1.54, 1.807) is 0 Å². The van der Waals surface area contributed by atoms with Gasteiger partial charge in [-0.3, -0.25) is 4.79 Å². The maximum atomic E-state index is 12.6. The maximum Gasteiger partial charge on any atom is 0.173 e. The van der Waals surface area contributed by atoms with Crippen LogP contribution in [0.2, 0.25) is 0 Å². The van der Waals surface area contributed by atoms with Crippen LogP contribution in [0.15, 0.2) is 42.5 Å². The van der Waals surface area contributed by atoms with Crippen molar-refractivity contribution in [1.29, 1.82) is 0 Å². The van der Waals surface area contributed by atoms with E-state index < -0.39 is 0 Å². The van der Waals surface area contributed by atoms with Crippen LogP contribution in [-0.2, 0) is 0 Å². The lowest BCUT2D eigenvalue weighted by Gasteiger charge is -2.09. The van der Waals surface area contributed by atoms with Gasteiger partial charge in [0.2, 0.25) is 0 Å². The Morgan fingerprint density at radius 1 is 1.11 bits per heavy atom. The van der Waals surface area contributed by atoms with E-state index in [1.165, 1.54) is 0 Å². The van der Waals surface area contributed by atoms with Gasteiger partial charge < -0.3 is 4.74 Å². The van der Waals surface area contributed by atoms with E-state index in [2.05, 4.69) is 6.07 Å². The van der Waals surface area contributed by atoms with Gasteiger partial charge in [-0.25, -0.2) is 0 Å². The van der Waals surface area contributed by atoms with Crippen molar-refractivity contribution in [3.8, 4) is 5.75 Å². The second-order valence-corrected chi connectivity index (χ2v) is 5.14. The third-order valence-corrected chi connectivity index (χ3v) is 3.52. The zero-order valence-corrected chi connectivity index (χ0v) is 11.1. The van der Waals surface area contributed by atoms with Crippen molar-refractivity contribution >= 4 is 5.78 Å². The number of carbonyl (C=O) groups excluding carboxylic acids is 1. The molecule has 2 aromatic carbocycles. The van der Waals surface area contributed by atoms with Crippen LogP contribution in [0.5, 0.6) is 5.75 Å². The topological polar surface area (TPSA) is 26.3 Å². The molecule has 2 nitrogen and oxygen atoms in total. The Labute approximate surface area is 113 Å². The van der Waals surface area contributed by atoms with Crippen molar-refractivity contribution < 1.29 is 9.53 Å². The highest BCUT2D eigenvalue weighted by Crippen LogP contribution is 2.35. The molecule has 0 spiro atoms. The summed E-state index contributed by atoms with van der Waals surface area (Å²) < 4.78 is 5.59. The smallest absolute Gasteiger partial charge is 0.173 e. The number of hydrogen-bond donors (Lipinski definition) is 0. The molecule has 0 N–H and O–H groups in total. The van der Waals surface area contributed by atoms with Crippen LogP contribution in [-0.4, -0.2) is 12.4 Å². The molecule has 96 valence electrons. The van der Waals surface area contributed by atoms with Crippen LogP contribution in [0.25, 0.3) is 0 Å². The number of rotatable bonds is 2. The summed E-state index contributed by atoms with van der Waals surface area (Å²) in [5.41, 5.74) is 4.03. The number of Topliss-reactive ketones (excluding diaryl/α,β-unsaturated/α-hetero) is 1. The number of ketones is 1. The Bertz CT molecular complexity index is 623. The SMILES string of the molecule is Cc1cc(C)cc(C(=O)C2COc3ccccc32)c1. The molecule has 1 heterocycles. The normalized spacial score (nSPS) is 16.8. The van der Waals surface area contributed by atoms with E-state index in [1.807, 2.05) is 50.2 Å². The highest BCUT2D eigenvalue weighted by atomic mass is 16.5. The monoisotopic (exact) mass is 252 g/mol. The average molecular weight is 252 g/mol. The molecule has 0 aromatic heterocycles. The van der Waals surface area contributed by atoms with Crippen molar-refractivity contribution in [2.45, 2.75) is 19.8 Å². The lowest BCUT2D eigenvalue weighted by Crippen LogP contribution is -2.14. The summed E-state index contributed by atoms with van der Waals surface area (Å²) in [7, 11) is 0. The first-order valence-electron chi connectivity index (χ1n) is 6.49. The zero-order valence-electron chi connectivity index (χ0n) is 11.1. The Balaban J connectivity index is 1.98. The molecule has 19 heavy (non-hydrogen) atoms. The van der Waals surface area contributed by atoms with Crippen molar-refractivity contribution in [1.82, 2.24) is 0 Å². The van der Waals surface area contributed by atoms with Crippen molar-refractivity contribution in [3.63, 3.8) is 0 Å². The maximum absolute atomic E-state index is 12.6. The lowest BCUT2D eigenvalue weighted by molar-refractivity contribution is 0.0947.